The van der Waals surface area contributed by atoms with Gasteiger partial charge < -0.3 is 14.2 Å². The smallest absolute Gasteiger partial charge is 0.191 e. The topological polar surface area (TPSA) is 27.7 Å². The third-order valence-corrected chi connectivity index (χ3v) is 2.26. The molecule has 2 rings (SSSR count). The molecule has 1 fully saturated rings. The molecule has 0 unspecified atom stereocenters. The van der Waals surface area contributed by atoms with Crippen LogP contribution < -0.4 is 4.74 Å². The van der Waals surface area contributed by atoms with Crippen molar-refractivity contribution in [1.82, 2.24) is 0 Å². The highest BCUT2D eigenvalue weighted by atomic mass is 35.5. The van der Waals surface area contributed by atoms with Crippen molar-refractivity contribution in [2.24, 2.45) is 0 Å². The molecule has 1 aliphatic rings. The minimum Gasteiger partial charge on any atom is -0.487 e. The van der Waals surface area contributed by atoms with E-state index in [1.807, 2.05) is 0 Å². The Labute approximate surface area is 91.7 Å². The molecule has 15 heavy (non-hydrogen) atoms. The average Bonchev–Trinajstić information content (AvgIpc) is 2.69. The Bertz CT molecular complexity index is 339. The molecular formula is C10H10ClFO3. The number of hydrogen-bond acceptors (Lipinski definition) is 3. The van der Waals surface area contributed by atoms with Gasteiger partial charge in [0, 0.05) is 0 Å². The predicted octanol–water partition coefficient (Wildman–Crippen LogP) is 2.23. The fourth-order valence-electron chi connectivity index (χ4n) is 1.25. The van der Waals surface area contributed by atoms with E-state index in [1.54, 1.807) is 0 Å². The Hall–Kier alpha value is -0.840. The van der Waals surface area contributed by atoms with Gasteiger partial charge in [0.05, 0.1) is 18.2 Å². The van der Waals surface area contributed by atoms with Crippen LogP contribution in [0.25, 0.3) is 0 Å². The molecule has 1 aromatic carbocycles. The van der Waals surface area contributed by atoms with Crippen LogP contribution in [-0.4, -0.2) is 26.1 Å². The molecule has 1 saturated heterocycles. The van der Waals surface area contributed by atoms with E-state index in [0.29, 0.717) is 19.0 Å². The van der Waals surface area contributed by atoms with Crippen molar-refractivity contribution in [2.45, 2.75) is 6.29 Å². The van der Waals surface area contributed by atoms with Gasteiger partial charge in [-0.1, -0.05) is 11.6 Å². The van der Waals surface area contributed by atoms with E-state index in [1.165, 1.54) is 18.2 Å². The van der Waals surface area contributed by atoms with Gasteiger partial charge in [0.2, 0.25) is 0 Å². The molecule has 1 aliphatic heterocycles. The summed E-state index contributed by atoms with van der Waals surface area (Å²) >= 11 is 5.77. The van der Waals surface area contributed by atoms with Crippen molar-refractivity contribution in [3.63, 3.8) is 0 Å². The standard InChI is InChI=1S/C10H10ClFO3/c11-8-5-7(12)1-2-9(8)15-6-10-13-3-4-14-10/h1-2,5,10H,3-4,6H2. The van der Waals surface area contributed by atoms with E-state index in [0.717, 1.165) is 0 Å². The van der Waals surface area contributed by atoms with Gasteiger partial charge in [-0.05, 0) is 18.2 Å². The molecule has 0 amide bonds. The van der Waals surface area contributed by atoms with Crippen LogP contribution >= 0.6 is 11.6 Å². The van der Waals surface area contributed by atoms with Crippen molar-refractivity contribution in [1.29, 1.82) is 0 Å². The van der Waals surface area contributed by atoms with E-state index in [2.05, 4.69) is 0 Å². The molecule has 0 saturated carbocycles. The van der Waals surface area contributed by atoms with Crippen molar-refractivity contribution in [2.75, 3.05) is 19.8 Å². The molecule has 0 radical (unpaired) electrons. The minimum absolute atomic E-state index is 0.244. The Morgan fingerprint density at radius 1 is 1.40 bits per heavy atom. The van der Waals surface area contributed by atoms with Gasteiger partial charge in [-0.3, -0.25) is 0 Å². The first-order valence-electron chi connectivity index (χ1n) is 4.57. The van der Waals surface area contributed by atoms with Gasteiger partial charge in [-0.15, -0.1) is 0 Å². The molecule has 0 atom stereocenters. The van der Waals surface area contributed by atoms with Crippen LogP contribution in [-0.2, 0) is 9.47 Å². The Kier molecular flexibility index (Phi) is 3.41. The van der Waals surface area contributed by atoms with Crippen molar-refractivity contribution >= 4 is 11.6 Å². The second kappa shape index (κ2) is 4.79. The third-order valence-electron chi connectivity index (χ3n) is 1.96. The van der Waals surface area contributed by atoms with Crippen LogP contribution in [0, 0.1) is 5.82 Å². The van der Waals surface area contributed by atoms with Gasteiger partial charge in [0.15, 0.2) is 6.29 Å². The summed E-state index contributed by atoms with van der Waals surface area (Å²) in [7, 11) is 0. The minimum atomic E-state index is -0.388. The van der Waals surface area contributed by atoms with E-state index in [4.69, 9.17) is 25.8 Å². The molecule has 0 N–H and O–H groups in total. The first-order chi connectivity index (χ1) is 7.25. The predicted molar refractivity (Wildman–Crippen MR) is 52.6 cm³/mol. The van der Waals surface area contributed by atoms with Crippen LogP contribution in [0.2, 0.25) is 5.02 Å². The second-order valence-corrected chi connectivity index (χ2v) is 3.46. The Balaban J connectivity index is 1.92. The second-order valence-electron chi connectivity index (χ2n) is 3.06. The fraction of sp³-hybridized carbons (Fsp3) is 0.400. The lowest BCUT2D eigenvalue weighted by Gasteiger charge is -2.11. The van der Waals surface area contributed by atoms with Crippen molar-refractivity contribution in [3.05, 3.63) is 29.0 Å². The fourth-order valence-corrected chi connectivity index (χ4v) is 1.48. The van der Waals surface area contributed by atoms with Gasteiger partial charge in [-0.2, -0.15) is 0 Å². The molecular weight excluding hydrogens is 223 g/mol. The molecule has 3 nitrogen and oxygen atoms in total. The number of halogens is 2. The zero-order chi connectivity index (χ0) is 10.7. The summed E-state index contributed by atoms with van der Waals surface area (Å²) < 4.78 is 28.4. The summed E-state index contributed by atoms with van der Waals surface area (Å²) in [6, 6.07) is 3.97. The highest BCUT2D eigenvalue weighted by molar-refractivity contribution is 6.32. The highest BCUT2D eigenvalue weighted by Gasteiger charge is 2.17. The molecule has 0 bridgehead atoms. The van der Waals surface area contributed by atoms with E-state index in [9.17, 15) is 4.39 Å². The maximum atomic E-state index is 12.7. The van der Waals surface area contributed by atoms with Gasteiger partial charge >= 0.3 is 0 Å². The average molecular weight is 233 g/mol. The summed E-state index contributed by atoms with van der Waals surface area (Å²) in [5, 5.41) is 0.244. The Morgan fingerprint density at radius 2 is 2.13 bits per heavy atom. The Morgan fingerprint density at radius 3 is 2.80 bits per heavy atom. The van der Waals surface area contributed by atoms with Crippen LogP contribution in [0.5, 0.6) is 5.75 Å². The number of rotatable bonds is 3. The highest BCUT2D eigenvalue weighted by Crippen LogP contribution is 2.25. The molecule has 0 aromatic heterocycles. The SMILES string of the molecule is Fc1ccc(OCC2OCCO2)c(Cl)c1. The maximum Gasteiger partial charge on any atom is 0.191 e. The molecule has 5 heteroatoms. The number of benzene rings is 1. The van der Waals surface area contributed by atoms with Gasteiger partial charge in [-0.25, -0.2) is 4.39 Å². The summed E-state index contributed by atoms with van der Waals surface area (Å²) in [4.78, 5) is 0. The molecule has 1 heterocycles. The zero-order valence-electron chi connectivity index (χ0n) is 7.91. The van der Waals surface area contributed by atoms with Crippen molar-refractivity contribution < 1.29 is 18.6 Å². The largest absolute Gasteiger partial charge is 0.487 e. The number of hydrogen-bond donors (Lipinski definition) is 0. The quantitative estimate of drug-likeness (QED) is 0.800. The van der Waals surface area contributed by atoms with Crippen LogP contribution in [0.15, 0.2) is 18.2 Å². The van der Waals surface area contributed by atoms with E-state index in [-0.39, 0.29) is 23.7 Å². The van der Waals surface area contributed by atoms with E-state index < -0.39 is 0 Å². The normalized spacial score (nSPS) is 16.9. The summed E-state index contributed by atoms with van der Waals surface area (Å²) in [5.41, 5.74) is 0. The lowest BCUT2D eigenvalue weighted by Crippen LogP contribution is -2.18. The molecule has 82 valence electrons. The summed E-state index contributed by atoms with van der Waals surface area (Å²) in [6.45, 7) is 1.40. The van der Waals surface area contributed by atoms with Crippen LogP contribution in [0.3, 0.4) is 0 Å². The molecule has 1 aromatic rings. The van der Waals surface area contributed by atoms with Crippen LogP contribution in [0.1, 0.15) is 0 Å². The number of ether oxygens (including phenoxy) is 3. The summed E-state index contributed by atoms with van der Waals surface area (Å²) in [5.74, 6) is 0.0397. The first-order valence-corrected chi connectivity index (χ1v) is 4.94. The lowest BCUT2D eigenvalue weighted by atomic mass is 10.3. The van der Waals surface area contributed by atoms with Crippen molar-refractivity contribution in [3.8, 4) is 5.75 Å². The monoisotopic (exact) mass is 232 g/mol. The molecule has 0 spiro atoms. The summed E-state index contributed by atoms with van der Waals surface area (Å²) in [6.07, 6.45) is -0.355. The van der Waals surface area contributed by atoms with Gasteiger partial charge in [0.25, 0.3) is 0 Å². The van der Waals surface area contributed by atoms with Crippen LogP contribution in [0.4, 0.5) is 4.39 Å². The lowest BCUT2D eigenvalue weighted by molar-refractivity contribution is -0.0684. The zero-order valence-corrected chi connectivity index (χ0v) is 8.67. The first kappa shape index (κ1) is 10.7. The molecule has 0 aliphatic carbocycles. The van der Waals surface area contributed by atoms with Gasteiger partial charge in [0.1, 0.15) is 18.2 Å². The maximum absolute atomic E-state index is 12.7. The van der Waals surface area contributed by atoms with E-state index >= 15 is 0 Å². The third kappa shape index (κ3) is 2.81.